The SMILES string of the molecule is O=S(=O)(NCc1cn(Cc2cccs2)nn1)C1CC1. The Morgan fingerprint density at radius 3 is 3.00 bits per heavy atom. The predicted octanol–water partition coefficient (Wildman–Crippen LogP) is 0.970. The summed E-state index contributed by atoms with van der Waals surface area (Å²) in [5.74, 6) is 0. The summed E-state index contributed by atoms with van der Waals surface area (Å²) in [5, 5.41) is 9.77. The van der Waals surface area contributed by atoms with E-state index < -0.39 is 10.0 Å². The molecule has 1 N–H and O–H groups in total. The van der Waals surface area contributed by atoms with Crippen LogP contribution in [0, 0.1) is 0 Å². The molecule has 0 radical (unpaired) electrons. The van der Waals surface area contributed by atoms with Gasteiger partial charge in [0.05, 0.1) is 30.2 Å². The first-order valence-corrected chi connectivity index (χ1v) is 8.46. The van der Waals surface area contributed by atoms with Gasteiger partial charge >= 0.3 is 0 Å². The molecule has 0 unspecified atom stereocenters. The minimum absolute atomic E-state index is 0.200. The topological polar surface area (TPSA) is 76.9 Å². The van der Waals surface area contributed by atoms with Crippen LogP contribution >= 0.6 is 11.3 Å². The number of aromatic nitrogens is 3. The lowest BCUT2D eigenvalue weighted by molar-refractivity contribution is 0.579. The third kappa shape index (κ3) is 3.20. The molecule has 8 heteroatoms. The minimum Gasteiger partial charge on any atom is -0.247 e. The van der Waals surface area contributed by atoms with E-state index in [1.165, 1.54) is 4.88 Å². The van der Waals surface area contributed by atoms with E-state index in [0.717, 1.165) is 12.8 Å². The van der Waals surface area contributed by atoms with E-state index in [1.807, 2.05) is 17.5 Å². The number of thiophene rings is 1. The Kier molecular flexibility index (Phi) is 3.38. The van der Waals surface area contributed by atoms with Gasteiger partial charge in [0.25, 0.3) is 0 Å². The van der Waals surface area contributed by atoms with Crippen molar-refractivity contribution in [3.63, 3.8) is 0 Å². The van der Waals surface area contributed by atoms with Crippen LogP contribution in [-0.2, 0) is 23.1 Å². The van der Waals surface area contributed by atoms with Crippen molar-refractivity contribution in [1.29, 1.82) is 0 Å². The lowest BCUT2D eigenvalue weighted by Gasteiger charge is -2.01. The molecule has 0 spiro atoms. The van der Waals surface area contributed by atoms with E-state index in [4.69, 9.17) is 0 Å². The zero-order chi connectivity index (χ0) is 13.3. The van der Waals surface area contributed by atoms with Gasteiger partial charge in [0.2, 0.25) is 10.0 Å². The van der Waals surface area contributed by atoms with Crippen molar-refractivity contribution in [3.8, 4) is 0 Å². The highest BCUT2D eigenvalue weighted by Gasteiger charge is 2.35. The highest BCUT2D eigenvalue weighted by Crippen LogP contribution is 2.27. The first-order valence-electron chi connectivity index (χ1n) is 6.03. The van der Waals surface area contributed by atoms with E-state index in [9.17, 15) is 8.42 Å². The summed E-state index contributed by atoms with van der Waals surface area (Å²) in [7, 11) is -3.15. The molecule has 0 bridgehead atoms. The molecule has 6 nitrogen and oxygen atoms in total. The molecule has 3 rings (SSSR count). The van der Waals surface area contributed by atoms with Crippen LogP contribution in [0.1, 0.15) is 23.4 Å². The molecular formula is C11H14N4O2S2. The maximum absolute atomic E-state index is 11.7. The van der Waals surface area contributed by atoms with Gasteiger partial charge in [-0.1, -0.05) is 11.3 Å². The van der Waals surface area contributed by atoms with Crippen LogP contribution in [-0.4, -0.2) is 28.7 Å². The number of rotatable bonds is 6. The molecule has 1 aliphatic rings. The second-order valence-corrected chi connectivity index (χ2v) is 7.63. The minimum atomic E-state index is -3.15. The lowest BCUT2D eigenvalue weighted by Crippen LogP contribution is -2.26. The zero-order valence-corrected chi connectivity index (χ0v) is 11.8. The largest absolute Gasteiger partial charge is 0.247 e. The predicted molar refractivity (Wildman–Crippen MR) is 72.2 cm³/mol. The lowest BCUT2D eigenvalue weighted by atomic mass is 10.4. The molecule has 1 aliphatic carbocycles. The maximum atomic E-state index is 11.7. The second kappa shape index (κ2) is 5.03. The van der Waals surface area contributed by atoms with Crippen molar-refractivity contribution in [2.75, 3.05) is 0 Å². The monoisotopic (exact) mass is 298 g/mol. The van der Waals surface area contributed by atoms with Gasteiger partial charge in [-0.3, -0.25) is 0 Å². The van der Waals surface area contributed by atoms with Crippen LogP contribution < -0.4 is 4.72 Å². The summed E-state index contributed by atoms with van der Waals surface area (Å²) in [5.41, 5.74) is 0.640. The normalized spacial score (nSPS) is 15.8. The molecule has 2 heterocycles. The van der Waals surface area contributed by atoms with Gasteiger partial charge in [0, 0.05) is 4.88 Å². The van der Waals surface area contributed by atoms with Gasteiger partial charge in [-0.15, -0.1) is 16.4 Å². The van der Waals surface area contributed by atoms with Crippen LogP contribution in [0.5, 0.6) is 0 Å². The van der Waals surface area contributed by atoms with Gasteiger partial charge in [-0.2, -0.15) is 0 Å². The summed E-state index contributed by atoms with van der Waals surface area (Å²) in [6.45, 7) is 0.878. The standard InChI is InChI=1S/C11H14N4O2S2/c16-19(17,11-3-4-11)12-6-9-7-15(14-13-9)8-10-2-1-5-18-10/h1-2,5,7,11-12H,3-4,6,8H2. The van der Waals surface area contributed by atoms with Crippen molar-refractivity contribution < 1.29 is 8.42 Å². The molecule has 0 amide bonds. The fraction of sp³-hybridized carbons (Fsp3) is 0.455. The molecule has 19 heavy (non-hydrogen) atoms. The number of hydrogen-bond acceptors (Lipinski definition) is 5. The zero-order valence-electron chi connectivity index (χ0n) is 10.2. The molecule has 2 aromatic heterocycles. The average Bonchev–Trinajstić information content (AvgIpc) is 2.96. The van der Waals surface area contributed by atoms with E-state index in [-0.39, 0.29) is 11.8 Å². The van der Waals surface area contributed by atoms with E-state index in [1.54, 1.807) is 22.2 Å². The van der Waals surface area contributed by atoms with E-state index in [2.05, 4.69) is 15.0 Å². The van der Waals surface area contributed by atoms with Crippen LogP contribution in [0.3, 0.4) is 0 Å². The maximum Gasteiger partial charge on any atom is 0.214 e. The van der Waals surface area contributed by atoms with Crippen molar-refractivity contribution >= 4 is 21.4 Å². The summed E-state index contributed by atoms with van der Waals surface area (Å²) in [6, 6.07) is 4.02. The van der Waals surface area contributed by atoms with Crippen LogP contribution in [0.2, 0.25) is 0 Å². The first-order chi connectivity index (χ1) is 9.13. The molecule has 1 saturated carbocycles. The van der Waals surface area contributed by atoms with Gasteiger partial charge in [-0.05, 0) is 24.3 Å². The van der Waals surface area contributed by atoms with Crippen LogP contribution in [0.15, 0.2) is 23.7 Å². The number of hydrogen-bond donors (Lipinski definition) is 1. The van der Waals surface area contributed by atoms with E-state index in [0.29, 0.717) is 12.2 Å². The molecule has 0 aromatic carbocycles. The van der Waals surface area contributed by atoms with E-state index >= 15 is 0 Å². The Morgan fingerprint density at radius 1 is 1.47 bits per heavy atom. The molecule has 102 valence electrons. The second-order valence-electron chi connectivity index (χ2n) is 4.55. The van der Waals surface area contributed by atoms with Crippen molar-refractivity contribution in [2.45, 2.75) is 31.2 Å². The fourth-order valence-corrected chi connectivity index (χ4v) is 3.77. The molecule has 0 aliphatic heterocycles. The van der Waals surface area contributed by atoms with Crippen molar-refractivity contribution in [1.82, 2.24) is 19.7 Å². The Labute approximate surface area is 115 Å². The summed E-state index contributed by atoms with van der Waals surface area (Å²) in [6.07, 6.45) is 3.30. The number of nitrogens with zero attached hydrogens (tertiary/aromatic N) is 3. The highest BCUT2D eigenvalue weighted by atomic mass is 32.2. The Balaban J connectivity index is 1.59. The van der Waals surface area contributed by atoms with Gasteiger partial charge < -0.3 is 0 Å². The molecule has 2 aromatic rings. The summed E-state index contributed by atoms with van der Waals surface area (Å²) >= 11 is 1.66. The molecule has 0 saturated heterocycles. The van der Waals surface area contributed by atoms with Gasteiger partial charge in [-0.25, -0.2) is 17.8 Å². The highest BCUT2D eigenvalue weighted by molar-refractivity contribution is 7.90. The van der Waals surface area contributed by atoms with Crippen LogP contribution in [0.4, 0.5) is 0 Å². The molecule has 0 atom stereocenters. The Bertz CT molecular complexity index is 644. The summed E-state index contributed by atoms with van der Waals surface area (Å²) < 4.78 is 27.6. The van der Waals surface area contributed by atoms with Crippen LogP contribution in [0.25, 0.3) is 0 Å². The Hall–Kier alpha value is -1.25. The first kappa shape index (κ1) is 12.8. The fourth-order valence-electron chi connectivity index (χ4n) is 1.73. The van der Waals surface area contributed by atoms with Crippen molar-refractivity contribution in [3.05, 3.63) is 34.3 Å². The molecular weight excluding hydrogens is 284 g/mol. The summed E-state index contributed by atoms with van der Waals surface area (Å²) in [4.78, 5) is 1.19. The number of nitrogens with one attached hydrogen (secondary N) is 1. The third-order valence-electron chi connectivity index (χ3n) is 2.90. The Morgan fingerprint density at radius 2 is 2.32 bits per heavy atom. The average molecular weight is 298 g/mol. The van der Waals surface area contributed by atoms with Gasteiger partial charge in [0.1, 0.15) is 0 Å². The smallest absolute Gasteiger partial charge is 0.214 e. The van der Waals surface area contributed by atoms with Crippen molar-refractivity contribution in [2.24, 2.45) is 0 Å². The molecule has 1 fully saturated rings. The quantitative estimate of drug-likeness (QED) is 0.862. The number of sulfonamides is 1. The third-order valence-corrected chi connectivity index (χ3v) is 5.66. The van der Waals surface area contributed by atoms with Gasteiger partial charge in [0.15, 0.2) is 0 Å².